The molecule has 0 radical (unpaired) electrons. The van der Waals surface area contributed by atoms with Gasteiger partial charge in [0.1, 0.15) is 18.2 Å². The number of oxazole rings is 1. The second kappa shape index (κ2) is 6.56. The lowest BCUT2D eigenvalue weighted by Gasteiger charge is -2.04. The molecule has 4 rings (SSSR count). The minimum Gasteiger partial charge on any atom is -0.452 e. The molecule has 0 aliphatic rings. The van der Waals surface area contributed by atoms with E-state index in [1.807, 2.05) is 36.4 Å². The fourth-order valence-electron chi connectivity index (χ4n) is 2.44. The molecule has 25 heavy (non-hydrogen) atoms. The maximum absolute atomic E-state index is 12.1. The maximum atomic E-state index is 12.1. The number of hydrogen-bond donors (Lipinski definition) is 0. The number of hydrogen-bond acceptors (Lipinski definition) is 6. The molecule has 124 valence electrons. The van der Waals surface area contributed by atoms with Crippen LogP contribution in [0.5, 0.6) is 0 Å². The summed E-state index contributed by atoms with van der Waals surface area (Å²) in [6.07, 6.45) is 3.13. The van der Waals surface area contributed by atoms with Gasteiger partial charge >= 0.3 is 5.97 Å². The van der Waals surface area contributed by atoms with E-state index in [-0.39, 0.29) is 6.61 Å². The Kier molecular flexibility index (Phi) is 3.96. The highest BCUT2D eigenvalue weighted by Gasteiger charge is 2.11. The molecule has 2 aromatic carbocycles. The van der Waals surface area contributed by atoms with E-state index in [2.05, 4.69) is 15.1 Å². The zero-order valence-electron chi connectivity index (χ0n) is 13.2. The molecule has 0 saturated heterocycles. The molecular formula is C18H14N4O3. The number of benzene rings is 2. The van der Waals surface area contributed by atoms with Crippen molar-refractivity contribution in [1.29, 1.82) is 0 Å². The monoisotopic (exact) mass is 334 g/mol. The highest BCUT2D eigenvalue weighted by Crippen LogP contribution is 2.16. The Hall–Kier alpha value is -3.48. The van der Waals surface area contributed by atoms with Gasteiger partial charge in [0.25, 0.3) is 0 Å². The first-order valence-electron chi connectivity index (χ1n) is 7.71. The van der Waals surface area contributed by atoms with Crippen LogP contribution in [0.3, 0.4) is 0 Å². The van der Waals surface area contributed by atoms with Gasteiger partial charge in [0.2, 0.25) is 5.89 Å². The van der Waals surface area contributed by atoms with Gasteiger partial charge in [-0.25, -0.2) is 19.4 Å². The Balaban J connectivity index is 1.38. The molecule has 7 heteroatoms. The second-order valence-corrected chi connectivity index (χ2v) is 5.44. The average molecular weight is 334 g/mol. The lowest BCUT2D eigenvalue weighted by Crippen LogP contribution is -2.06. The second-order valence-electron chi connectivity index (χ2n) is 5.44. The van der Waals surface area contributed by atoms with Crippen molar-refractivity contribution < 1.29 is 13.9 Å². The van der Waals surface area contributed by atoms with Crippen LogP contribution in [0.2, 0.25) is 0 Å². The quantitative estimate of drug-likeness (QED) is 0.522. The van der Waals surface area contributed by atoms with Crippen molar-refractivity contribution in [2.75, 3.05) is 0 Å². The fraction of sp³-hybridized carbons (Fsp3) is 0.111. The van der Waals surface area contributed by atoms with Crippen molar-refractivity contribution in [1.82, 2.24) is 19.7 Å². The van der Waals surface area contributed by atoms with Gasteiger partial charge < -0.3 is 9.15 Å². The number of rotatable bonds is 5. The highest BCUT2D eigenvalue weighted by molar-refractivity contribution is 5.89. The minimum absolute atomic E-state index is 0.00573. The topological polar surface area (TPSA) is 83.0 Å². The van der Waals surface area contributed by atoms with Crippen molar-refractivity contribution in [3.05, 3.63) is 78.2 Å². The molecule has 0 fully saturated rings. The summed E-state index contributed by atoms with van der Waals surface area (Å²) in [5.41, 5.74) is 2.90. The van der Waals surface area contributed by atoms with Crippen LogP contribution in [-0.2, 0) is 17.9 Å². The fourth-order valence-corrected chi connectivity index (χ4v) is 2.44. The van der Waals surface area contributed by atoms with Crippen LogP contribution in [0.15, 0.2) is 65.6 Å². The number of para-hydroxylation sites is 2. The third-order valence-corrected chi connectivity index (χ3v) is 3.67. The molecule has 0 atom stereocenters. The summed E-state index contributed by atoms with van der Waals surface area (Å²) in [5, 5.41) is 4.05. The van der Waals surface area contributed by atoms with E-state index in [1.165, 1.54) is 6.33 Å². The highest BCUT2D eigenvalue weighted by atomic mass is 16.5. The summed E-state index contributed by atoms with van der Waals surface area (Å²) in [4.78, 5) is 20.3. The molecule has 4 aromatic rings. The van der Waals surface area contributed by atoms with Gasteiger partial charge in [0.15, 0.2) is 12.2 Å². The van der Waals surface area contributed by atoms with Crippen LogP contribution in [0, 0.1) is 0 Å². The summed E-state index contributed by atoms with van der Waals surface area (Å²) in [7, 11) is 0. The van der Waals surface area contributed by atoms with E-state index in [1.54, 1.807) is 23.1 Å². The molecule has 0 spiro atoms. The number of esters is 1. The van der Waals surface area contributed by atoms with Crippen molar-refractivity contribution in [2.24, 2.45) is 0 Å². The van der Waals surface area contributed by atoms with Gasteiger partial charge in [-0.15, -0.1) is 0 Å². The summed E-state index contributed by atoms with van der Waals surface area (Å²) >= 11 is 0. The van der Waals surface area contributed by atoms with Crippen LogP contribution in [-0.4, -0.2) is 25.7 Å². The predicted octanol–water partition coefficient (Wildman–Crippen LogP) is 2.82. The minimum atomic E-state index is -0.422. The molecule has 2 aromatic heterocycles. The van der Waals surface area contributed by atoms with Crippen LogP contribution in [0.1, 0.15) is 21.8 Å². The van der Waals surface area contributed by atoms with Crippen LogP contribution in [0.25, 0.3) is 11.1 Å². The first-order valence-corrected chi connectivity index (χ1v) is 7.71. The van der Waals surface area contributed by atoms with Gasteiger partial charge in [-0.05, 0) is 29.8 Å². The molecule has 0 aliphatic heterocycles. The zero-order valence-corrected chi connectivity index (χ0v) is 13.2. The van der Waals surface area contributed by atoms with E-state index in [9.17, 15) is 4.79 Å². The van der Waals surface area contributed by atoms with E-state index in [0.29, 0.717) is 23.6 Å². The van der Waals surface area contributed by atoms with Gasteiger partial charge in [-0.3, -0.25) is 0 Å². The molecule has 0 unspecified atom stereocenters. The van der Waals surface area contributed by atoms with Crippen molar-refractivity contribution in [3.63, 3.8) is 0 Å². The van der Waals surface area contributed by atoms with E-state index in [4.69, 9.17) is 9.15 Å². The SMILES string of the molecule is O=C(OCc1nc2ccccc2o1)c1ccc(Cn2cncn2)cc1. The summed E-state index contributed by atoms with van der Waals surface area (Å²) in [5.74, 6) is -0.0492. The Labute approximate surface area is 142 Å². The first kappa shape index (κ1) is 15.1. The number of fused-ring (bicyclic) bond motifs is 1. The first-order chi connectivity index (χ1) is 12.3. The van der Waals surface area contributed by atoms with Crippen LogP contribution < -0.4 is 0 Å². The molecule has 0 amide bonds. The van der Waals surface area contributed by atoms with E-state index >= 15 is 0 Å². The summed E-state index contributed by atoms with van der Waals surface area (Å²) < 4.78 is 12.5. The van der Waals surface area contributed by atoms with Crippen LogP contribution in [0.4, 0.5) is 0 Å². The van der Waals surface area contributed by atoms with Gasteiger partial charge in [0, 0.05) is 0 Å². The van der Waals surface area contributed by atoms with Crippen molar-refractivity contribution >= 4 is 17.1 Å². The maximum Gasteiger partial charge on any atom is 0.338 e. The molecule has 0 N–H and O–H groups in total. The summed E-state index contributed by atoms with van der Waals surface area (Å²) in [6, 6.07) is 14.6. The number of ether oxygens (including phenoxy) is 1. The van der Waals surface area contributed by atoms with E-state index in [0.717, 1.165) is 11.1 Å². The Morgan fingerprint density at radius 2 is 1.96 bits per heavy atom. The zero-order chi connectivity index (χ0) is 17.1. The lowest BCUT2D eigenvalue weighted by molar-refractivity contribution is 0.0440. The van der Waals surface area contributed by atoms with Gasteiger partial charge in [-0.1, -0.05) is 24.3 Å². The Morgan fingerprint density at radius 3 is 2.72 bits per heavy atom. The van der Waals surface area contributed by atoms with E-state index < -0.39 is 5.97 Å². The molecule has 7 nitrogen and oxygen atoms in total. The third kappa shape index (κ3) is 3.40. The van der Waals surface area contributed by atoms with Crippen molar-refractivity contribution in [3.8, 4) is 0 Å². The third-order valence-electron chi connectivity index (χ3n) is 3.67. The lowest BCUT2D eigenvalue weighted by atomic mass is 10.1. The average Bonchev–Trinajstić information content (AvgIpc) is 3.29. The number of carbonyl (C=O) groups is 1. The summed E-state index contributed by atoms with van der Waals surface area (Å²) in [6.45, 7) is 0.590. The van der Waals surface area contributed by atoms with Gasteiger partial charge in [-0.2, -0.15) is 5.10 Å². The largest absolute Gasteiger partial charge is 0.452 e. The molecular weight excluding hydrogens is 320 g/mol. The smallest absolute Gasteiger partial charge is 0.338 e. The predicted molar refractivity (Wildman–Crippen MR) is 88.7 cm³/mol. The number of nitrogens with zero attached hydrogens (tertiary/aromatic N) is 4. The van der Waals surface area contributed by atoms with Crippen LogP contribution >= 0.6 is 0 Å². The number of carbonyl (C=O) groups excluding carboxylic acids is 1. The van der Waals surface area contributed by atoms with Crippen molar-refractivity contribution in [2.45, 2.75) is 13.2 Å². The number of aromatic nitrogens is 4. The molecule has 0 aliphatic carbocycles. The molecule has 0 bridgehead atoms. The van der Waals surface area contributed by atoms with Gasteiger partial charge in [0.05, 0.1) is 12.1 Å². The standard InChI is InChI=1S/C18H14N4O3/c23-18(24-10-17-21-15-3-1-2-4-16(15)25-17)14-7-5-13(6-8-14)9-22-12-19-11-20-22/h1-8,11-12H,9-10H2. The molecule has 2 heterocycles. The normalized spacial score (nSPS) is 10.9. The molecule has 0 saturated carbocycles. The Bertz CT molecular complexity index is 958. The Morgan fingerprint density at radius 1 is 1.12 bits per heavy atom.